The van der Waals surface area contributed by atoms with E-state index in [1.54, 1.807) is 0 Å². The monoisotopic (exact) mass is 731 g/mol. The van der Waals surface area contributed by atoms with Gasteiger partial charge in [0.2, 0.25) is 0 Å². The molecule has 0 fully saturated rings. The zero-order valence-corrected chi connectivity index (χ0v) is 35.4. The number of esters is 2. The quantitative estimate of drug-likeness (QED) is 0.0356. The van der Waals surface area contributed by atoms with Gasteiger partial charge in [0.1, 0.15) is 12.7 Å². The molecule has 0 N–H and O–H groups in total. The molecule has 0 aliphatic carbocycles. The predicted molar refractivity (Wildman–Crippen MR) is 227 cm³/mol. The van der Waals surface area contributed by atoms with Gasteiger partial charge >= 0.3 is 11.9 Å². The van der Waals surface area contributed by atoms with Gasteiger partial charge in [-0.2, -0.15) is 0 Å². The summed E-state index contributed by atoms with van der Waals surface area (Å²) in [6.07, 6.45) is 53.2. The van der Waals surface area contributed by atoms with E-state index in [0.717, 1.165) is 44.9 Å². The van der Waals surface area contributed by atoms with Crippen molar-refractivity contribution in [1.82, 2.24) is 0 Å². The van der Waals surface area contributed by atoms with Gasteiger partial charge in [-0.1, -0.05) is 193 Å². The highest BCUT2D eigenvalue weighted by atomic mass is 16.6. The first-order valence-corrected chi connectivity index (χ1v) is 23.3. The molecule has 52 heavy (non-hydrogen) atoms. The average Bonchev–Trinajstić information content (AvgIpc) is 3.14. The fourth-order valence-electron chi connectivity index (χ4n) is 6.87. The first-order valence-electron chi connectivity index (χ1n) is 23.3. The first kappa shape index (κ1) is 50.4. The third kappa shape index (κ3) is 41.2. The molecule has 0 aromatic rings. The van der Waals surface area contributed by atoms with Crippen LogP contribution < -0.4 is 0 Å². The summed E-state index contributed by atoms with van der Waals surface area (Å²) in [6, 6.07) is 0. The van der Waals surface area contributed by atoms with Gasteiger partial charge in [-0.05, 0) is 77.0 Å². The summed E-state index contributed by atoms with van der Waals surface area (Å²) in [5.41, 5.74) is 0. The fraction of sp³-hybridized carbons (Fsp3) is 0.875. The molecule has 0 aromatic carbocycles. The molecule has 306 valence electrons. The van der Waals surface area contributed by atoms with E-state index in [-0.39, 0.29) is 24.6 Å². The van der Waals surface area contributed by atoms with Crippen LogP contribution in [-0.2, 0) is 19.1 Å². The van der Waals surface area contributed by atoms with Gasteiger partial charge in [0, 0.05) is 12.8 Å². The zero-order valence-electron chi connectivity index (χ0n) is 35.4. The van der Waals surface area contributed by atoms with Gasteiger partial charge in [0.25, 0.3) is 0 Å². The van der Waals surface area contributed by atoms with Crippen molar-refractivity contribution in [2.75, 3.05) is 6.61 Å². The Balaban J connectivity index is 4.12. The minimum atomic E-state index is -0.311. The molecule has 0 amide bonds. The van der Waals surface area contributed by atoms with Gasteiger partial charge in [-0.15, -0.1) is 0 Å². The van der Waals surface area contributed by atoms with Crippen LogP contribution in [0.4, 0.5) is 0 Å². The first-order chi connectivity index (χ1) is 25.6. The number of unbranched alkanes of at least 4 members (excludes halogenated alkanes) is 29. The molecule has 0 aliphatic heterocycles. The van der Waals surface area contributed by atoms with Gasteiger partial charge < -0.3 is 9.47 Å². The lowest BCUT2D eigenvalue weighted by atomic mass is 10.1. The fourth-order valence-corrected chi connectivity index (χ4v) is 6.87. The van der Waals surface area contributed by atoms with Gasteiger partial charge in [0.05, 0.1) is 0 Å². The second-order valence-electron chi connectivity index (χ2n) is 15.7. The van der Waals surface area contributed by atoms with Crippen molar-refractivity contribution in [3.63, 3.8) is 0 Å². The van der Waals surface area contributed by atoms with E-state index < -0.39 is 0 Å². The Hall–Kier alpha value is -1.58. The predicted octanol–water partition coefficient (Wildman–Crippen LogP) is 16.0. The normalized spacial score (nSPS) is 12.3. The Morgan fingerprint density at radius 1 is 0.385 bits per heavy atom. The number of hydrogen-bond acceptors (Lipinski definition) is 4. The highest BCUT2D eigenvalue weighted by Gasteiger charge is 2.17. The molecule has 0 spiro atoms. The van der Waals surface area contributed by atoms with E-state index in [2.05, 4.69) is 45.1 Å². The summed E-state index contributed by atoms with van der Waals surface area (Å²) < 4.78 is 11.5. The SMILES string of the molecule is CCCCCCCCC=CCCCCCCCC(=O)OCC(CCCCCCCCCC)OC(=O)CCCCCCCC=CCCCCCCCC. The average molecular weight is 731 g/mol. The Morgan fingerprint density at radius 2 is 0.692 bits per heavy atom. The molecule has 0 saturated heterocycles. The Labute approximate surface area is 325 Å². The molecule has 0 rings (SSSR count). The van der Waals surface area contributed by atoms with Crippen LogP contribution in [0, 0.1) is 0 Å². The van der Waals surface area contributed by atoms with Crippen LogP contribution in [0.15, 0.2) is 24.3 Å². The van der Waals surface area contributed by atoms with Crippen LogP contribution in [0.1, 0.15) is 258 Å². The third-order valence-electron chi connectivity index (χ3n) is 10.4. The summed E-state index contributed by atoms with van der Waals surface area (Å²) in [5.74, 6) is -0.276. The van der Waals surface area contributed by atoms with Crippen molar-refractivity contribution in [2.45, 2.75) is 264 Å². The Morgan fingerprint density at radius 3 is 1.08 bits per heavy atom. The molecular weight excluding hydrogens is 641 g/mol. The second-order valence-corrected chi connectivity index (χ2v) is 15.7. The summed E-state index contributed by atoms with van der Waals surface area (Å²) in [5, 5.41) is 0. The van der Waals surface area contributed by atoms with Crippen molar-refractivity contribution in [2.24, 2.45) is 0 Å². The highest BCUT2D eigenvalue weighted by molar-refractivity contribution is 5.70. The molecule has 4 heteroatoms. The summed E-state index contributed by atoms with van der Waals surface area (Å²) in [6.45, 7) is 7.01. The minimum Gasteiger partial charge on any atom is -0.462 e. The van der Waals surface area contributed by atoms with Crippen LogP contribution in [0.5, 0.6) is 0 Å². The lowest BCUT2D eigenvalue weighted by molar-refractivity contribution is -0.159. The van der Waals surface area contributed by atoms with Gasteiger partial charge in [-0.25, -0.2) is 0 Å². The van der Waals surface area contributed by atoms with E-state index in [1.807, 2.05) is 0 Å². The highest BCUT2D eigenvalue weighted by Crippen LogP contribution is 2.16. The molecule has 0 radical (unpaired) electrons. The van der Waals surface area contributed by atoms with Crippen LogP contribution in [-0.4, -0.2) is 24.6 Å². The Bertz CT molecular complexity index is 787. The number of allylic oxidation sites excluding steroid dienone is 4. The maximum atomic E-state index is 12.7. The largest absolute Gasteiger partial charge is 0.462 e. The lowest BCUT2D eigenvalue weighted by Gasteiger charge is -2.18. The molecule has 1 unspecified atom stereocenters. The molecule has 0 bridgehead atoms. The molecule has 0 heterocycles. The maximum Gasteiger partial charge on any atom is 0.306 e. The topological polar surface area (TPSA) is 52.6 Å². The third-order valence-corrected chi connectivity index (χ3v) is 10.4. The van der Waals surface area contributed by atoms with Crippen molar-refractivity contribution in [3.8, 4) is 0 Å². The minimum absolute atomic E-state index is 0.129. The summed E-state index contributed by atoms with van der Waals surface area (Å²) in [7, 11) is 0. The molecule has 0 aliphatic rings. The van der Waals surface area contributed by atoms with Gasteiger partial charge in [-0.3, -0.25) is 9.59 Å². The van der Waals surface area contributed by atoms with Crippen LogP contribution in [0.2, 0.25) is 0 Å². The number of carbonyl (C=O) groups excluding carboxylic acids is 2. The van der Waals surface area contributed by atoms with Crippen LogP contribution in [0.25, 0.3) is 0 Å². The van der Waals surface area contributed by atoms with Crippen molar-refractivity contribution in [1.29, 1.82) is 0 Å². The maximum absolute atomic E-state index is 12.7. The summed E-state index contributed by atoms with van der Waals surface area (Å²) in [4.78, 5) is 25.2. The van der Waals surface area contributed by atoms with E-state index in [0.29, 0.717) is 12.8 Å². The van der Waals surface area contributed by atoms with Gasteiger partial charge in [0.15, 0.2) is 0 Å². The van der Waals surface area contributed by atoms with E-state index in [1.165, 1.54) is 180 Å². The van der Waals surface area contributed by atoms with E-state index >= 15 is 0 Å². The standard InChI is InChI=1S/C48H90O4/c1-4-7-10-13-16-19-21-23-25-27-29-31-34-37-40-43-47(49)51-45-46(42-39-36-33-18-15-12-9-6-3)52-48(50)44-41-38-35-32-30-28-26-24-22-20-17-14-11-8-5-2/h23-26,46H,4-22,27-45H2,1-3H3. The number of carbonyl (C=O) groups is 2. The molecular formula is C48H90O4. The second kappa shape index (κ2) is 43.8. The molecule has 4 nitrogen and oxygen atoms in total. The van der Waals surface area contributed by atoms with Crippen molar-refractivity contribution in [3.05, 3.63) is 24.3 Å². The van der Waals surface area contributed by atoms with Crippen LogP contribution >= 0.6 is 0 Å². The molecule has 0 aromatic heterocycles. The molecule has 1 atom stereocenters. The molecule has 0 saturated carbocycles. The van der Waals surface area contributed by atoms with E-state index in [4.69, 9.17) is 9.47 Å². The number of rotatable bonds is 42. The summed E-state index contributed by atoms with van der Waals surface area (Å²) >= 11 is 0. The zero-order chi connectivity index (χ0) is 37.8. The van der Waals surface area contributed by atoms with Crippen LogP contribution in [0.3, 0.4) is 0 Å². The smallest absolute Gasteiger partial charge is 0.306 e. The van der Waals surface area contributed by atoms with Crippen molar-refractivity contribution >= 4 is 11.9 Å². The van der Waals surface area contributed by atoms with Crippen molar-refractivity contribution < 1.29 is 19.1 Å². The number of ether oxygens (including phenoxy) is 2. The number of hydrogen-bond donors (Lipinski definition) is 0. The Kier molecular flexibility index (Phi) is 42.5. The van der Waals surface area contributed by atoms with E-state index in [9.17, 15) is 9.59 Å². The lowest BCUT2D eigenvalue weighted by Crippen LogP contribution is -2.25.